The Labute approximate surface area is 118 Å². The number of unbranched alkanes of at least 4 members (excludes halogenated alkanes) is 1. The van der Waals surface area contributed by atoms with Gasteiger partial charge in [0, 0.05) is 0 Å². The summed E-state index contributed by atoms with van der Waals surface area (Å²) >= 11 is 0. The zero-order valence-corrected chi connectivity index (χ0v) is 12.6. The van der Waals surface area contributed by atoms with Crippen molar-refractivity contribution < 1.29 is 32.4 Å². The van der Waals surface area contributed by atoms with Gasteiger partial charge < -0.3 is 15.2 Å². The average molecular weight is 311 g/mol. The summed E-state index contributed by atoms with van der Waals surface area (Å²) < 4.78 is 34.4. The average Bonchev–Trinajstić information content (AvgIpc) is 2.17. The van der Waals surface area contributed by atoms with E-state index in [1.54, 1.807) is 20.8 Å². The van der Waals surface area contributed by atoms with Crippen LogP contribution in [0.1, 0.15) is 40.0 Å². The number of aliphatic carboxylic acids is 1. The highest BCUT2D eigenvalue weighted by Gasteiger charge is 2.23. The first-order valence-electron chi connectivity index (χ1n) is 6.08. The van der Waals surface area contributed by atoms with Gasteiger partial charge in [-0.05, 0) is 40.0 Å². The molecule has 1 atom stereocenters. The Bertz CT molecular complexity index is 438. The number of carboxylic acids is 1. The zero-order chi connectivity index (χ0) is 16.0. The predicted molar refractivity (Wildman–Crippen MR) is 71.1 cm³/mol. The largest absolute Gasteiger partial charge is 0.480 e. The van der Waals surface area contributed by atoms with Crippen molar-refractivity contribution >= 4 is 22.2 Å². The molecule has 0 aliphatic carbocycles. The maximum absolute atomic E-state index is 11.4. The van der Waals surface area contributed by atoms with E-state index in [2.05, 4.69) is 5.32 Å². The highest BCUT2D eigenvalue weighted by Crippen LogP contribution is 2.08. The van der Waals surface area contributed by atoms with Gasteiger partial charge in [0.25, 0.3) is 10.1 Å². The van der Waals surface area contributed by atoms with Crippen molar-refractivity contribution in [2.45, 2.75) is 51.7 Å². The fourth-order valence-electron chi connectivity index (χ4n) is 1.34. The van der Waals surface area contributed by atoms with Crippen LogP contribution in [0.5, 0.6) is 0 Å². The van der Waals surface area contributed by atoms with E-state index in [-0.39, 0.29) is 19.3 Å². The molecule has 0 saturated heterocycles. The van der Waals surface area contributed by atoms with Crippen molar-refractivity contribution in [1.29, 1.82) is 0 Å². The molecule has 118 valence electrons. The van der Waals surface area contributed by atoms with Gasteiger partial charge in [-0.15, -0.1) is 0 Å². The van der Waals surface area contributed by atoms with E-state index in [9.17, 15) is 18.0 Å². The minimum Gasteiger partial charge on any atom is -0.480 e. The molecule has 0 heterocycles. The Morgan fingerprint density at radius 2 is 1.80 bits per heavy atom. The number of amides is 1. The van der Waals surface area contributed by atoms with Gasteiger partial charge in [0.1, 0.15) is 11.6 Å². The molecule has 20 heavy (non-hydrogen) atoms. The standard InChI is InChI=1S/C11H21NO7S/c1-11(2,3)19-10(15)12-8(9(13)14)6-4-5-7-20(16,17)18/h8H,4-7H2,1-3H3,(H,12,15)(H,13,14)(H,16,17,18). The second-order valence-corrected chi connectivity index (χ2v) is 6.89. The molecule has 9 heteroatoms. The van der Waals surface area contributed by atoms with Crippen molar-refractivity contribution in [2.75, 3.05) is 5.75 Å². The summed E-state index contributed by atoms with van der Waals surface area (Å²) in [4.78, 5) is 22.4. The van der Waals surface area contributed by atoms with Crippen molar-refractivity contribution in [3.63, 3.8) is 0 Å². The van der Waals surface area contributed by atoms with Crippen molar-refractivity contribution in [3.05, 3.63) is 0 Å². The monoisotopic (exact) mass is 311 g/mol. The van der Waals surface area contributed by atoms with E-state index in [0.717, 1.165) is 0 Å². The molecule has 0 aromatic rings. The third kappa shape index (κ3) is 10.6. The predicted octanol–water partition coefficient (Wildman–Crippen LogP) is 1.02. The fourth-order valence-corrected chi connectivity index (χ4v) is 1.91. The van der Waals surface area contributed by atoms with Crippen LogP contribution in [0.2, 0.25) is 0 Å². The number of carboxylic acid groups (broad SMARTS) is 1. The topological polar surface area (TPSA) is 130 Å². The van der Waals surface area contributed by atoms with Crippen molar-refractivity contribution in [3.8, 4) is 0 Å². The maximum atomic E-state index is 11.4. The lowest BCUT2D eigenvalue weighted by molar-refractivity contribution is -0.139. The van der Waals surface area contributed by atoms with Gasteiger partial charge in [0.15, 0.2) is 0 Å². The smallest absolute Gasteiger partial charge is 0.408 e. The van der Waals surface area contributed by atoms with E-state index in [1.807, 2.05) is 0 Å². The van der Waals surface area contributed by atoms with Gasteiger partial charge in [-0.25, -0.2) is 9.59 Å². The Balaban J connectivity index is 4.25. The van der Waals surface area contributed by atoms with Gasteiger partial charge in [0.2, 0.25) is 0 Å². The minimum atomic E-state index is -4.05. The number of rotatable bonds is 7. The van der Waals surface area contributed by atoms with Crippen molar-refractivity contribution in [1.82, 2.24) is 5.32 Å². The molecule has 1 amide bonds. The molecule has 1 unspecified atom stereocenters. The minimum absolute atomic E-state index is 0.0457. The molecule has 0 radical (unpaired) electrons. The molecule has 0 aliphatic heterocycles. The normalized spacial score (nSPS) is 13.6. The second-order valence-electron chi connectivity index (χ2n) is 5.32. The highest BCUT2D eigenvalue weighted by molar-refractivity contribution is 7.85. The van der Waals surface area contributed by atoms with Gasteiger partial charge >= 0.3 is 12.1 Å². The summed E-state index contributed by atoms with van der Waals surface area (Å²) in [6.07, 6.45) is -0.463. The molecule has 0 aliphatic rings. The third-order valence-corrected chi connectivity index (χ3v) is 2.94. The molecule has 0 bridgehead atoms. The summed E-state index contributed by atoms with van der Waals surface area (Å²) in [7, 11) is -4.05. The molecule has 0 fully saturated rings. The second kappa shape index (κ2) is 7.44. The molecular formula is C11H21NO7S. The summed E-state index contributed by atoms with van der Waals surface area (Å²) in [6.45, 7) is 4.94. The lowest BCUT2D eigenvalue weighted by Crippen LogP contribution is -2.43. The molecule has 8 nitrogen and oxygen atoms in total. The van der Waals surface area contributed by atoms with E-state index in [0.29, 0.717) is 0 Å². The summed E-state index contributed by atoms with van der Waals surface area (Å²) in [5.41, 5.74) is -0.738. The first kappa shape index (κ1) is 18.7. The molecule has 0 aromatic carbocycles. The number of carbonyl (C=O) groups is 2. The summed E-state index contributed by atoms with van der Waals surface area (Å²) in [5.74, 6) is -1.67. The molecule has 0 spiro atoms. The van der Waals surface area contributed by atoms with Gasteiger partial charge in [-0.2, -0.15) is 8.42 Å². The number of carbonyl (C=O) groups excluding carboxylic acids is 1. The Morgan fingerprint density at radius 1 is 1.25 bits per heavy atom. The molecule has 3 N–H and O–H groups in total. The van der Waals surface area contributed by atoms with Crippen LogP contribution in [0.25, 0.3) is 0 Å². The van der Waals surface area contributed by atoms with Crippen LogP contribution < -0.4 is 5.32 Å². The van der Waals surface area contributed by atoms with E-state index in [4.69, 9.17) is 14.4 Å². The SMILES string of the molecule is CC(C)(C)OC(=O)NC(CCCCS(=O)(=O)O)C(=O)O. The van der Waals surface area contributed by atoms with E-state index in [1.165, 1.54) is 0 Å². The lowest BCUT2D eigenvalue weighted by atomic mass is 10.1. The van der Waals surface area contributed by atoms with Crippen molar-refractivity contribution in [2.24, 2.45) is 0 Å². The van der Waals surface area contributed by atoms with Crippen LogP contribution in [0.3, 0.4) is 0 Å². The Hall–Kier alpha value is -1.35. The number of nitrogens with one attached hydrogen (secondary N) is 1. The van der Waals surface area contributed by atoms with Crippen LogP contribution in [-0.2, 0) is 19.6 Å². The van der Waals surface area contributed by atoms with Gasteiger partial charge in [-0.3, -0.25) is 4.55 Å². The van der Waals surface area contributed by atoms with Gasteiger partial charge in [0.05, 0.1) is 5.75 Å². The quantitative estimate of drug-likeness (QED) is 0.472. The van der Waals surface area contributed by atoms with E-state index >= 15 is 0 Å². The number of hydrogen-bond donors (Lipinski definition) is 3. The molecule has 0 saturated carbocycles. The molecular weight excluding hydrogens is 290 g/mol. The first-order chi connectivity index (χ1) is 8.91. The van der Waals surface area contributed by atoms with Crippen LogP contribution in [-0.4, -0.2) is 47.5 Å². The summed E-state index contributed by atoms with van der Waals surface area (Å²) in [5, 5.41) is 11.1. The first-order valence-corrected chi connectivity index (χ1v) is 7.69. The van der Waals surface area contributed by atoms with Crippen LogP contribution in [0, 0.1) is 0 Å². The summed E-state index contributed by atoms with van der Waals surface area (Å²) in [6, 6.07) is -1.16. The fraction of sp³-hybridized carbons (Fsp3) is 0.818. The Morgan fingerprint density at radius 3 is 2.20 bits per heavy atom. The highest BCUT2D eigenvalue weighted by atomic mass is 32.2. The zero-order valence-electron chi connectivity index (χ0n) is 11.7. The van der Waals surface area contributed by atoms with Gasteiger partial charge in [-0.1, -0.05) is 0 Å². The number of alkyl carbamates (subject to hydrolysis) is 1. The molecule has 0 rings (SSSR count). The Kier molecular flexibility index (Phi) is 6.94. The number of ether oxygens (including phenoxy) is 1. The third-order valence-electron chi connectivity index (χ3n) is 2.13. The lowest BCUT2D eigenvalue weighted by Gasteiger charge is -2.21. The maximum Gasteiger partial charge on any atom is 0.408 e. The van der Waals surface area contributed by atoms with Crippen LogP contribution in [0.4, 0.5) is 4.79 Å². The number of hydrogen-bond acceptors (Lipinski definition) is 5. The van der Waals surface area contributed by atoms with Crippen LogP contribution >= 0.6 is 0 Å². The molecule has 0 aromatic heterocycles. The van der Waals surface area contributed by atoms with E-state index < -0.39 is 39.6 Å². The van der Waals surface area contributed by atoms with Crippen LogP contribution in [0.15, 0.2) is 0 Å².